The van der Waals surface area contributed by atoms with E-state index in [0.29, 0.717) is 18.7 Å². The Bertz CT molecular complexity index is 1010. The summed E-state index contributed by atoms with van der Waals surface area (Å²) in [5, 5.41) is 3.13. The molecule has 0 spiro atoms. The maximum Gasteiger partial charge on any atom is 0.251 e. The number of likely N-dealkylation sites (tertiary alicyclic amines) is 1. The van der Waals surface area contributed by atoms with Gasteiger partial charge in [0.2, 0.25) is 5.91 Å². The summed E-state index contributed by atoms with van der Waals surface area (Å²) in [4.78, 5) is 41.8. The number of ketones is 1. The van der Waals surface area contributed by atoms with E-state index in [1.54, 1.807) is 0 Å². The van der Waals surface area contributed by atoms with Crippen LogP contribution in [0.2, 0.25) is 0 Å². The third-order valence-electron chi connectivity index (χ3n) is 9.19. The highest BCUT2D eigenvalue weighted by Crippen LogP contribution is 2.58. The minimum absolute atomic E-state index is 0.0982. The molecule has 1 aromatic carbocycles. The van der Waals surface area contributed by atoms with Crippen molar-refractivity contribution in [3.63, 3.8) is 0 Å². The Morgan fingerprint density at radius 3 is 2.47 bits per heavy atom. The van der Waals surface area contributed by atoms with Gasteiger partial charge in [-0.2, -0.15) is 0 Å². The predicted octanol–water partition coefficient (Wildman–Crippen LogP) is 4.87. The van der Waals surface area contributed by atoms with Gasteiger partial charge in [-0.3, -0.25) is 14.4 Å². The highest BCUT2D eigenvalue weighted by atomic mass is 16.5. The monoisotopic (exact) mass is 494 g/mol. The third-order valence-corrected chi connectivity index (χ3v) is 9.19. The molecule has 2 bridgehead atoms. The van der Waals surface area contributed by atoms with E-state index in [1.165, 1.54) is 6.42 Å². The standard InChI is InChI=1S/C30H42N2O4/c1-20(2)26(33)25(21-9-5-4-6-10-21)31-27(34)23-12-7-11-22(15-23)24-13-8-14-32(16-24)28(35)30-17-29(3,18-30)36-19-30/h7,11-12,15,20-21,24-25H,4-6,8-10,13-14,16-19H2,1-3H3,(H,31,34)/t24?,25-,29?,30?/m1/s1. The number of hydrogen-bond acceptors (Lipinski definition) is 4. The molecular weight excluding hydrogens is 452 g/mol. The highest BCUT2D eigenvalue weighted by Gasteiger charge is 2.64. The summed E-state index contributed by atoms with van der Waals surface area (Å²) >= 11 is 0. The van der Waals surface area contributed by atoms with Crippen LogP contribution in [0.3, 0.4) is 0 Å². The zero-order valence-electron chi connectivity index (χ0n) is 22.2. The summed E-state index contributed by atoms with van der Waals surface area (Å²) in [6.45, 7) is 7.99. The van der Waals surface area contributed by atoms with Crippen molar-refractivity contribution in [3.05, 3.63) is 35.4 Å². The van der Waals surface area contributed by atoms with Crippen LogP contribution in [0.15, 0.2) is 24.3 Å². The molecule has 2 aliphatic carbocycles. The van der Waals surface area contributed by atoms with Gasteiger partial charge >= 0.3 is 0 Å². The van der Waals surface area contributed by atoms with Crippen molar-refractivity contribution in [2.24, 2.45) is 17.3 Å². The van der Waals surface area contributed by atoms with Crippen LogP contribution in [0.5, 0.6) is 0 Å². The highest BCUT2D eigenvalue weighted by molar-refractivity contribution is 5.98. The number of fused-ring (bicyclic) bond motifs is 1. The smallest absolute Gasteiger partial charge is 0.251 e. The van der Waals surface area contributed by atoms with Crippen molar-refractivity contribution in [3.8, 4) is 0 Å². The average Bonchev–Trinajstić information content (AvgIpc) is 3.41. The fraction of sp³-hybridized carbons (Fsp3) is 0.700. The Labute approximate surface area is 215 Å². The maximum atomic E-state index is 13.4. The van der Waals surface area contributed by atoms with E-state index in [0.717, 1.165) is 63.5 Å². The molecule has 2 amide bonds. The van der Waals surface area contributed by atoms with Gasteiger partial charge in [0.1, 0.15) is 0 Å². The minimum Gasteiger partial charge on any atom is -0.374 e. The Morgan fingerprint density at radius 2 is 1.81 bits per heavy atom. The van der Waals surface area contributed by atoms with Gasteiger partial charge in [0.05, 0.1) is 23.7 Å². The molecule has 5 fully saturated rings. The number of nitrogens with one attached hydrogen (secondary N) is 1. The van der Waals surface area contributed by atoms with Gasteiger partial charge in [0, 0.05) is 30.5 Å². The normalized spacial score (nSPS) is 31.1. The first-order valence-electron chi connectivity index (χ1n) is 14.1. The van der Waals surface area contributed by atoms with Crippen molar-refractivity contribution in [2.75, 3.05) is 19.7 Å². The summed E-state index contributed by atoms with van der Waals surface area (Å²) in [5.41, 5.74) is 1.29. The second-order valence-corrected chi connectivity index (χ2v) is 12.5. The topological polar surface area (TPSA) is 75.7 Å². The van der Waals surface area contributed by atoms with E-state index < -0.39 is 6.04 Å². The van der Waals surface area contributed by atoms with Crippen LogP contribution in [0.1, 0.15) is 100 Å². The Kier molecular flexibility index (Phi) is 7.01. The van der Waals surface area contributed by atoms with Gasteiger partial charge in [-0.15, -0.1) is 0 Å². The van der Waals surface area contributed by atoms with Crippen LogP contribution >= 0.6 is 0 Å². The first kappa shape index (κ1) is 25.4. The summed E-state index contributed by atoms with van der Waals surface area (Å²) < 4.78 is 5.87. The van der Waals surface area contributed by atoms with Crippen LogP contribution in [0, 0.1) is 17.3 Å². The lowest BCUT2D eigenvalue weighted by Crippen LogP contribution is -2.54. The maximum absolute atomic E-state index is 13.4. The zero-order valence-corrected chi connectivity index (χ0v) is 22.2. The van der Waals surface area contributed by atoms with E-state index in [1.807, 2.05) is 36.9 Å². The Balaban J connectivity index is 1.27. The number of rotatable bonds is 7. The molecule has 0 radical (unpaired) electrons. The summed E-state index contributed by atoms with van der Waals surface area (Å²) in [6.07, 6.45) is 9.12. The first-order chi connectivity index (χ1) is 17.2. The number of amides is 2. The molecule has 2 atom stereocenters. The molecule has 1 unspecified atom stereocenters. The molecule has 6 rings (SSSR count). The van der Waals surface area contributed by atoms with E-state index in [9.17, 15) is 14.4 Å². The van der Waals surface area contributed by atoms with Crippen molar-refractivity contribution >= 4 is 17.6 Å². The number of carbonyl (C=O) groups is 3. The van der Waals surface area contributed by atoms with E-state index in [2.05, 4.69) is 18.3 Å². The SMILES string of the molecule is CC(C)C(=O)[C@H](NC(=O)c1cccc(C2CCCN(C(=O)C34COC(C)(C3)C4)C2)c1)C1CCCCC1. The average molecular weight is 495 g/mol. The Hall–Kier alpha value is -2.21. The number of carbonyl (C=O) groups excluding carboxylic acids is 3. The van der Waals surface area contributed by atoms with E-state index >= 15 is 0 Å². The van der Waals surface area contributed by atoms with Gasteiger partial charge in [-0.1, -0.05) is 45.2 Å². The first-order valence-corrected chi connectivity index (χ1v) is 14.1. The lowest BCUT2D eigenvalue weighted by molar-refractivity contribution is -0.147. The molecule has 6 heteroatoms. The zero-order chi connectivity index (χ0) is 25.5. The predicted molar refractivity (Wildman–Crippen MR) is 139 cm³/mol. The molecule has 36 heavy (non-hydrogen) atoms. The fourth-order valence-corrected chi connectivity index (χ4v) is 7.28. The van der Waals surface area contributed by atoms with Gasteiger partial charge < -0.3 is 15.0 Å². The molecule has 3 aliphatic heterocycles. The van der Waals surface area contributed by atoms with Gasteiger partial charge in [-0.25, -0.2) is 0 Å². The fourth-order valence-electron chi connectivity index (χ4n) is 7.28. The number of benzene rings is 1. The second kappa shape index (κ2) is 9.92. The van der Waals surface area contributed by atoms with Crippen molar-refractivity contribution < 1.29 is 19.1 Å². The van der Waals surface area contributed by atoms with Crippen molar-refractivity contribution in [1.82, 2.24) is 10.2 Å². The van der Waals surface area contributed by atoms with Gasteiger partial charge in [-0.05, 0) is 69.1 Å². The van der Waals surface area contributed by atoms with Crippen LogP contribution < -0.4 is 5.32 Å². The molecule has 1 N–H and O–H groups in total. The number of piperidine rings is 1. The van der Waals surface area contributed by atoms with Crippen molar-refractivity contribution in [1.29, 1.82) is 0 Å². The van der Waals surface area contributed by atoms with Gasteiger partial charge in [0.15, 0.2) is 5.78 Å². The van der Waals surface area contributed by atoms with E-state index in [4.69, 9.17) is 4.74 Å². The number of ether oxygens (including phenoxy) is 1. The molecule has 5 aliphatic rings. The Morgan fingerprint density at radius 1 is 1.06 bits per heavy atom. The summed E-state index contributed by atoms with van der Waals surface area (Å²) in [5.74, 6) is 0.556. The summed E-state index contributed by atoms with van der Waals surface area (Å²) in [6, 6.07) is 7.41. The quantitative estimate of drug-likeness (QED) is 0.587. The van der Waals surface area contributed by atoms with Crippen LogP contribution in [0.4, 0.5) is 0 Å². The second-order valence-electron chi connectivity index (χ2n) is 12.5. The lowest BCUT2D eigenvalue weighted by Gasteiger charge is -2.45. The molecule has 2 saturated carbocycles. The largest absolute Gasteiger partial charge is 0.374 e. The van der Waals surface area contributed by atoms with Crippen LogP contribution in [-0.2, 0) is 14.3 Å². The third kappa shape index (κ3) is 4.85. The number of Topliss-reactive ketones (excluding diaryl/α,β-unsaturated/α-hetero) is 1. The van der Waals surface area contributed by atoms with Crippen LogP contribution in [0.25, 0.3) is 0 Å². The molecular formula is C30H42N2O4. The molecule has 196 valence electrons. The molecule has 1 aromatic rings. The molecule has 3 saturated heterocycles. The van der Waals surface area contributed by atoms with E-state index in [-0.39, 0.29) is 46.4 Å². The summed E-state index contributed by atoms with van der Waals surface area (Å²) in [7, 11) is 0. The molecule has 3 heterocycles. The molecule has 0 aromatic heterocycles. The number of nitrogens with zero attached hydrogens (tertiary/aromatic N) is 1. The van der Waals surface area contributed by atoms with Crippen LogP contribution in [-0.4, -0.2) is 53.8 Å². The van der Waals surface area contributed by atoms with Crippen molar-refractivity contribution in [2.45, 2.75) is 96.1 Å². The lowest BCUT2D eigenvalue weighted by atomic mass is 9.62. The van der Waals surface area contributed by atoms with Gasteiger partial charge in [0.25, 0.3) is 5.91 Å². The minimum atomic E-state index is -0.412. The molecule has 6 nitrogen and oxygen atoms in total. The number of hydrogen-bond donors (Lipinski definition) is 1.